The van der Waals surface area contributed by atoms with Crippen molar-refractivity contribution in [2.24, 2.45) is 5.41 Å². The Hall–Kier alpha value is -3.58. The number of aromatic nitrogens is 2. The van der Waals surface area contributed by atoms with Gasteiger partial charge in [0.25, 0.3) is 10.0 Å². The van der Waals surface area contributed by atoms with E-state index in [1.54, 1.807) is 17.9 Å². The molecule has 1 saturated heterocycles. The molecule has 0 radical (unpaired) electrons. The topological polar surface area (TPSA) is 122 Å². The predicted molar refractivity (Wildman–Crippen MR) is 138 cm³/mol. The van der Waals surface area contributed by atoms with E-state index in [0.29, 0.717) is 25.5 Å². The Bertz CT molecular complexity index is 1520. The number of alkyl halides is 3. The lowest BCUT2D eigenvalue weighted by molar-refractivity contribution is -0.148. The first-order valence-electron chi connectivity index (χ1n) is 11.6. The maximum absolute atomic E-state index is 13.8. The first-order chi connectivity index (χ1) is 18.2. The summed E-state index contributed by atoms with van der Waals surface area (Å²) in [6.45, 7) is 2.24. The Labute approximate surface area is 227 Å². The second-order valence-corrected chi connectivity index (χ2v) is 11.3. The van der Waals surface area contributed by atoms with Gasteiger partial charge in [0, 0.05) is 18.7 Å². The number of anilines is 2. The Morgan fingerprint density at radius 3 is 2.59 bits per heavy atom. The van der Waals surface area contributed by atoms with Crippen molar-refractivity contribution in [3.63, 3.8) is 0 Å². The minimum absolute atomic E-state index is 0.0435. The molecule has 0 spiro atoms. The highest BCUT2D eigenvalue weighted by Gasteiger charge is 2.39. The molecule has 1 atom stereocenters. The molecule has 9 nitrogen and oxygen atoms in total. The number of halogens is 4. The highest BCUT2D eigenvalue weighted by Crippen LogP contribution is 2.40. The van der Waals surface area contributed by atoms with Crippen LogP contribution in [0.4, 0.5) is 24.8 Å². The van der Waals surface area contributed by atoms with E-state index in [0.717, 1.165) is 6.07 Å². The number of hydrogen-bond acceptors (Lipinski definition) is 7. The van der Waals surface area contributed by atoms with E-state index < -0.39 is 43.9 Å². The second kappa shape index (κ2) is 10.5. The molecule has 0 saturated carbocycles. The molecular formula is C25H24ClF3N4O5S. The van der Waals surface area contributed by atoms with Gasteiger partial charge in [-0.05, 0) is 62.2 Å². The standard InChI is InChI=1S/C25H24ClF3N4O5S/c1-24(23(34)35)11-4-12-33(14-24)20-5-3-6-21(31-20)39(36,37)32-19-10-8-17(25(27,28)29)22(30-19)16-13-15(38-2)7-9-18(16)26/h3,5-10,13H,4,11-12,14H2,1-2H3,(H,30,32)(H,34,35)/t24-/m1/s1. The van der Waals surface area contributed by atoms with E-state index in [1.165, 1.54) is 37.4 Å². The maximum atomic E-state index is 13.8. The summed E-state index contributed by atoms with van der Waals surface area (Å²) in [5.41, 5.74) is -2.83. The Morgan fingerprint density at radius 2 is 1.92 bits per heavy atom. The van der Waals surface area contributed by atoms with Crippen molar-refractivity contribution in [3.8, 4) is 17.0 Å². The Balaban J connectivity index is 1.69. The van der Waals surface area contributed by atoms with Crippen molar-refractivity contribution < 1.29 is 36.2 Å². The molecule has 2 N–H and O–H groups in total. The van der Waals surface area contributed by atoms with Gasteiger partial charge in [0.2, 0.25) is 0 Å². The van der Waals surface area contributed by atoms with Crippen LogP contribution in [0.15, 0.2) is 53.6 Å². The van der Waals surface area contributed by atoms with Gasteiger partial charge in [-0.3, -0.25) is 9.52 Å². The largest absolute Gasteiger partial charge is 0.497 e. The molecule has 1 aliphatic rings. The third-order valence-electron chi connectivity index (χ3n) is 6.39. The van der Waals surface area contributed by atoms with Crippen LogP contribution in [0.3, 0.4) is 0 Å². The number of aliphatic carboxylic acids is 1. The summed E-state index contributed by atoms with van der Waals surface area (Å²) in [4.78, 5) is 21.6. The number of piperidine rings is 1. The van der Waals surface area contributed by atoms with E-state index in [1.807, 2.05) is 0 Å². The van der Waals surface area contributed by atoms with Crippen molar-refractivity contribution >= 4 is 39.2 Å². The number of rotatable bonds is 7. The number of benzene rings is 1. The van der Waals surface area contributed by atoms with Crippen molar-refractivity contribution in [2.45, 2.75) is 31.0 Å². The quantitative estimate of drug-likeness (QED) is 0.383. The average molecular weight is 585 g/mol. The van der Waals surface area contributed by atoms with Gasteiger partial charge in [-0.2, -0.15) is 21.6 Å². The number of nitrogens with one attached hydrogen (secondary N) is 1. The van der Waals surface area contributed by atoms with Crippen LogP contribution in [0.5, 0.6) is 5.75 Å². The van der Waals surface area contributed by atoms with Crippen LogP contribution in [-0.2, 0) is 21.0 Å². The highest BCUT2D eigenvalue weighted by atomic mass is 35.5. The first-order valence-corrected chi connectivity index (χ1v) is 13.5. The molecule has 1 aromatic carbocycles. The number of nitrogens with zero attached hydrogens (tertiary/aromatic N) is 3. The minimum atomic E-state index is -4.80. The second-order valence-electron chi connectivity index (χ2n) is 9.27. The normalized spacial score (nSPS) is 18.1. The van der Waals surface area contributed by atoms with Gasteiger partial charge in [-0.25, -0.2) is 9.97 Å². The molecule has 0 unspecified atom stereocenters. The predicted octanol–water partition coefficient (Wildman–Crippen LogP) is 5.32. The number of sulfonamides is 1. The number of ether oxygens (including phenoxy) is 1. The molecule has 3 aromatic rings. The van der Waals surface area contributed by atoms with Crippen LogP contribution in [0.25, 0.3) is 11.3 Å². The molecule has 1 aliphatic heterocycles. The molecule has 14 heteroatoms. The Morgan fingerprint density at radius 1 is 1.18 bits per heavy atom. The molecule has 2 aromatic heterocycles. The molecule has 1 fully saturated rings. The van der Waals surface area contributed by atoms with E-state index in [2.05, 4.69) is 14.7 Å². The summed E-state index contributed by atoms with van der Waals surface area (Å²) in [6.07, 6.45) is -3.76. The van der Waals surface area contributed by atoms with Crippen LogP contribution >= 0.6 is 11.6 Å². The van der Waals surface area contributed by atoms with E-state index in [9.17, 15) is 31.5 Å². The molecule has 0 amide bonds. The number of carboxylic acid groups (broad SMARTS) is 1. The van der Waals surface area contributed by atoms with Crippen molar-refractivity contribution in [3.05, 3.63) is 59.1 Å². The summed E-state index contributed by atoms with van der Waals surface area (Å²) in [5, 5.41) is 9.13. The van der Waals surface area contributed by atoms with Crippen LogP contribution < -0.4 is 14.4 Å². The molecule has 0 aliphatic carbocycles. The molecular weight excluding hydrogens is 561 g/mol. The summed E-state index contributed by atoms with van der Waals surface area (Å²) < 4.78 is 75.0. The number of methoxy groups -OCH3 is 1. The lowest BCUT2D eigenvalue weighted by Crippen LogP contribution is -2.46. The molecule has 208 valence electrons. The monoisotopic (exact) mass is 584 g/mol. The van der Waals surface area contributed by atoms with Crippen molar-refractivity contribution in [2.75, 3.05) is 29.8 Å². The molecule has 0 bridgehead atoms. The van der Waals surface area contributed by atoms with Crippen LogP contribution in [0.2, 0.25) is 5.02 Å². The van der Waals surface area contributed by atoms with Gasteiger partial charge in [-0.15, -0.1) is 0 Å². The van der Waals surface area contributed by atoms with Crippen molar-refractivity contribution in [1.82, 2.24) is 9.97 Å². The number of pyridine rings is 2. The number of carboxylic acids is 1. The third-order valence-corrected chi connectivity index (χ3v) is 7.97. The summed E-state index contributed by atoms with van der Waals surface area (Å²) in [6, 6.07) is 9.91. The van der Waals surface area contributed by atoms with E-state index >= 15 is 0 Å². The van der Waals surface area contributed by atoms with Gasteiger partial charge in [0.15, 0.2) is 5.03 Å². The fourth-order valence-electron chi connectivity index (χ4n) is 4.29. The van der Waals surface area contributed by atoms with Gasteiger partial charge in [0.1, 0.15) is 17.4 Å². The summed E-state index contributed by atoms with van der Waals surface area (Å²) in [5.74, 6) is -0.860. The zero-order valence-electron chi connectivity index (χ0n) is 20.8. The van der Waals surface area contributed by atoms with Crippen LogP contribution in [0.1, 0.15) is 25.3 Å². The van der Waals surface area contributed by atoms with Gasteiger partial charge >= 0.3 is 12.1 Å². The van der Waals surface area contributed by atoms with Gasteiger partial charge in [-0.1, -0.05) is 17.7 Å². The molecule has 3 heterocycles. The fraction of sp³-hybridized carbons (Fsp3) is 0.320. The highest BCUT2D eigenvalue weighted by molar-refractivity contribution is 7.92. The van der Waals surface area contributed by atoms with Gasteiger partial charge in [0.05, 0.1) is 28.8 Å². The fourth-order valence-corrected chi connectivity index (χ4v) is 5.46. The van der Waals surface area contributed by atoms with Gasteiger partial charge < -0.3 is 14.7 Å². The van der Waals surface area contributed by atoms with E-state index in [4.69, 9.17) is 16.3 Å². The smallest absolute Gasteiger partial charge is 0.418 e. The molecule has 4 rings (SSSR count). The minimum Gasteiger partial charge on any atom is -0.497 e. The maximum Gasteiger partial charge on any atom is 0.418 e. The van der Waals surface area contributed by atoms with E-state index in [-0.39, 0.29) is 34.5 Å². The SMILES string of the molecule is COc1ccc(Cl)c(-c2nc(NS(=O)(=O)c3cccc(N4CCC[C@@](C)(C(=O)O)C4)n3)ccc2C(F)(F)F)c1. The van der Waals surface area contributed by atoms with Crippen LogP contribution in [-0.4, -0.2) is 49.7 Å². The average Bonchev–Trinajstić information content (AvgIpc) is 2.88. The lowest BCUT2D eigenvalue weighted by atomic mass is 9.82. The molecule has 39 heavy (non-hydrogen) atoms. The lowest BCUT2D eigenvalue weighted by Gasteiger charge is -2.38. The van der Waals surface area contributed by atoms with Crippen LogP contribution in [0, 0.1) is 5.41 Å². The summed E-state index contributed by atoms with van der Waals surface area (Å²) >= 11 is 6.17. The third kappa shape index (κ3) is 6.04. The number of hydrogen-bond donors (Lipinski definition) is 2. The summed E-state index contributed by atoms with van der Waals surface area (Å²) in [7, 11) is -3.06. The first kappa shape index (κ1) is 28.4. The Kier molecular flexibility index (Phi) is 7.68. The zero-order chi connectivity index (χ0) is 28.6. The van der Waals surface area contributed by atoms with Crippen molar-refractivity contribution in [1.29, 1.82) is 0 Å². The zero-order valence-corrected chi connectivity index (χ0v) is 22.4. The number of carbonyl (C=O) groups is 1.